The van der Waals surface area contributed by atoms with Gasteiger partial charge in [-0.05, 0) is 38.3 Å². The maximum absolute atomic E-state index is 11.6. The SMILES string of the molecule is Cc1ccccc1C(C)NC1(C)CCS(=O)(=O)C1. The fourth-order valence-corrected chi connectivity index (χ4v) is 4.90. The van der Waals surface area contributed by atoms with Gasteiger partial charge in [0.1, 0.15) is 0 Å². The van der Waals surface area contributed by atoms with Gasteiger partial charge < -0.3 is 5.32 Å². The van der Waals surface area contributed by atoms with Crippen molar-refractivity contribution in [2.45, 2.75) is 38.8 Å². The van der Waals surface area contributed by atoms with E-state index in [0.717, 1.165) is 0 Å². The molecule has 1 aliphatic rings. The third-order valence-corrected chi connectivity index (χ3v) is 5.63. The van der Waals surface area contributed by atoms with Crippen LogP contribution in [0.1, 0.15) is 37.4 Å². The first kappa shape index (κ1) is 13.6. The number of rotatable bonds is 3. The number of hydrogen-bond donors (Lipinski definition) is 1. The lowest BCUT2D eigenvalue weighted by Crippen LogP contribution is -2.44. The molecule has 1 heterocycles. The second-order valence-corrected chi connectivity index (χ2v) is 7.81. The molecule has 1 saturated heterocycles. The fourth-order valence-electron chi connectivity index (χ4n) is 2.80. The molecular formula is C14H21NO2S. The van der Waals surface area contributed by atoms with Gasteiger partial charge in [0.05, 0.1) is 11.5 Å². The molecule has 0 aliphatic carbocycles. The van der Waals surface area contributed by atoms with Crippen molar-refractivity contribution in [3.63, 3.8) is 0 Å². The monoisotopic (exact) mass is 267 g/mol. The quantitative estimate of drug-likeness (QED) is 0.913. The summed E-state index contributed by atoms with van der Waals surface area (Å²) < 4.78 is 23.2. The van der Waals surface area contributed by atoms with Crippen molar-refractivity contribution in [2.24, 2.45) is 0 Å². The highest BCUT2D eigenvalue weighted by molar-refractivity contribution is 7.91. The predicted molar refractivity (Wildman–Crippen MR) is 74.4 cm³/mol. The Balaban J connectivity index is 2.13. The third-order valence-electron chi connectivity index (χ3n) is 3.72. The van der Waals surface area contributed by atoms with Gasteiger partial charge in [0.25, 0.3) is 0 Å². The van der Waals surface area contributed by atoms with Crippen molar-refractivity contribution in [1.82, 2.24) is 5.32 Å². The van der Waals surface area contributed by atoms with Crippen LogP contribution < -0.4 is 5.32 Å². The van der Waals surface area contributed by atoms with Crippen molar-refractivity contribution in [3.8, 4) is 0 Å². The van der Waals surface area contributed by atoms with Gasteiger partial charge in [0.15, 0.2) is 9.84 Å². The molecule has 0 amide bonds. The van der Waals surface area contributed by atoms with Gasteiger partial charge in [0, 0.05) is 11.6 Å². The van der Waals surface area contributed by atoms with Crippen molar-refractivity contribution in [2.75, 3.05) is 11.5 Å². The van der Waals surface area contributed by atoms with E-state index in [2.05, 4.69) is 31.3 Å². The third kappa shape index (κ3) is 2.93. The van der Waals surface area contributed by atoms with Crippen LogP contribution in [0.15, 0.2) is 24.3 Å². The largest absolute Gasteiger partial charge is 0.304 e. The first-order chi connectivity index (χ1) is 8.31. The van der Waals surface area contributed by atoms with Gasteiger partial charge >= 0.3 is 0 Å². The van der Waals surface area contributed by atoms with Crippen LogP contribution in [0, 0.1) is 6.92 Å². The first-order valence-electron chi connectivity index (χ1n) is 6.35. The summed E-state index contributed by atoms with van der Waals surface area (Å²) in [6.45, 7) is 6.19. The van der Waals surface area contributed by atoms with E-state index < -0.39 is 9.84 Å². The number of nitrogens with one attached hydrogen (secondary N) is 1. The predicted octanol–water partition coefficient (Wildman–Crippen LogP) is 2.22. The molecule has 1 aliphatic heterocycles. The number of aryl methyl sites for hydroxylation is 1. The Morgan fingerprint density at radius 2 is 2.00 bits per heavy atom. The van der Waals surface area contributed by atoms with Gasteiger partial charge in [-0.2, -0.15) is 0 Å². The summed E-state index contributed by atoms with van der Waals surface area (Å²) in [5.41, 5.74) is 2.19. The molecule has 0 radical (unpaired) electrons. The minimum Gasteiger partial charge on any atom is -0.304 e. The Bertz CT molecular complexity index is 538. The molecule has 2 unspecified atom stereocenters. The van der Waals surface area contributed by atoms with Gasteiger partial charge in [-0.1, -0.05) is 24.3 Å². The molecule has 1 fully saturated rings. The van der Waals surface area contributed by atoms with E-state index in [9.17, 15) is 8.42 Å². The number of hydrogen-bond acceptors (Lipinski definition) is 3. The lowest BCUT2D eigenvalue weighted by atomic mass is 9.96. The van der Waals surface area contributed by atoms with Crippen LogP contribution >= 0.6 is 0 Å². The standard InChI is InChI=1S/C14H21NO2S/c1-11-6-4-5-7-13(11)12(2)15-14(3)8-9-18(16,17)10-14/h4-7,12,15H,8-10H2,1-3H3. The molecule has 4 heteroatoms. The summed E-state index contributed by atoms with van der Waals surface area (Å²) in [5.74, 6) is 0.549. The fraction of sp³-hybridized carbons (Fsp3) is 0.571. The Hall–Kier alpha value is -0.870. The highest BCUT2D eigenvalue weighted by Crippen LogP contribution is 2.27. The van der Waals surface area contributed by atoms with E-state index in [1.165, 1.54) is 11.1 Å². The molecule has 2 atom stereocenters. The summed E-state index contributed by atoms with van der Waals surface area (Å²) in [4.78, 5) is 0. The van der Waals surface area contributed by atoms with Gasteiger partial charge in [-0.3, -0.25) is 0 Å². The Morgan fingerprint density at radius 1 is 1.33 bits per heavy atom. The Morgan fingerprint density at radius 3 is 2.56 bits per heavy atom. The average molecular weight is 267 g/mol. The van der Waals surface area contributed by atoms with Crippen LogP contribution in [0.2, 0.25) is 0 Å². The maximum atomic E-state index is 11.6. The van der Waals surface area contributed by atoms with Crippen LogP contribution in [-0.2, 0) is 9.84 Å². The molecule has 1 aromatic rings. The van der Waals surface area contributed by atoms with Crippen molar-refractivity contribution >= 4 is 9.84 Å². The second kappa shape index (κ2) is 4.67. The average Bonchev–Trinajstić information content (AvgIpc) is 2.53. The lowest BCUT2D eigenvalue weighted by molar-refractivity contribution is 0.355. The Labute approximate surface area is 110 Å². The number of benzene rings is 1. The maximum Gasteiger partial charge on any atom is 0.152 e. The summed E-state index contributed by atoms with van der Waals surface area (Å²) in [6, 6.07) is 8.40. The van der Waals surface area contributed by atoms with Crippen molar-refractivity contribution < 1.29 is 8.42 Å². The van der Waals surface area contributed by atoms with Crippen molar-refractivity contribution in [3.05, 3.63) is 35.4 Å². The lowest BCUT2D eigenvalue weighted by Gasteiger charge is -2.29. The highest BCUT2D eigenvalue weighted by Gasteiger charge is 2.39. The molecule has 100 valence electrons. The van der Waals surface area contributed by atoms with Gasteiger partial charge in [-0.15, -0.1) is 0 Å². The molecular weight excluding hydrogens is 246 g/mol. The van der Waals surface area contributed by atoms with Crippen molar-refractivity contribution in [1.29, 1.82) is 0 Å². The van der Waals surface area contributed by atoms with Crippen LogP contribution in [0.5, 0.6) is 0 Å². The van der Waals surface area contributed by atoms with E-state index in [1.54, 1.807) is 0 Å². The molecule has 0 bridgehead atoms. The molecule has 0 aromatic heterocycles. The van der Waals surface area contributed by atoms with Crippen LogP contribution in [0.4, 0.5) is 0 Å². The second-order valence-electron chi connectivity index (χ2n) is 5.63. The molecule has 3 nitrogen and oxygen atoms in total. The molecule has 0 spiro atoms. The van der Waals surface area contributed by atoms with E-state index >= 15 is 0 Å². The zero-order chi connectivity index (χ0) is 13.4. The summed E-state index contributed by atoms with van der Waals surface area (Å²) in [6.07, 6.45) is 0.700. The molecule has 2 rings (SSSR count). The highest BCUT2D eigenvalue weighted by atomic mass is 32.2. The van der Waals surface area contributed by atoms with Gasteiger partial charge in [0.2, 0.25) is 0 Å². The smallest absolute Gasteiger partial charge is 0.152 e. The van der Waals surface area contributed by atoms with Crippen LogP contribution in [0.3, 0.4) is 0 Å². The first-order valence-corrected chi connectivity index (χ1v) is 8.17. The Kier molecular flexibility index (Phi) is 3.52. The molecule has 0 saturated carbocycles. The topological polar surface area (TPSA) is 46.2 Å². The number of sulfone groups is 1. The van der Waals surface area contributed by atoms with E-state index in [4.69, 9.17) is 0 Å². The van der Waals surface area contributed by atoms with E-state index in [1.807, 2.05) is 19.1 Å². The van der Waals surface area contributed by atoms with E-state index in [0.29, 0.717) is 12.2 Å². The summed E-state index contributed by atoms with van der Waals surface area (Å²) in [5, 5.41) is 3.49. The molecule has 1 aromatic carbocycles. The van der Waals surface area contributed by atoms with Crippen LogP contribution in [-0.4, -0.2) is 25.5 Å². The molecule has 1 N–H and O–H groups in total. The molecule has 18 heavy (non-hydrogen) atoms. The zero-order valence-electron chi connectivity index (χ0n) is 11.2. The van der Waals surface area contributed by atoms with Gasteiger partial charge in [-0.25, -0.2) is 8.42 Å². The van der Waals surface area contributed by atoms with E-state index in [-0.39, 0.29) is 17.3 Å². The minimum absolute atomic E-state index is 0.171. The van der Waals surface area contributed by atoms with Crippen LogP contribution in [0.25, 0.3) is 0 Å². The zero-order valence-corrected chi connectivity index (χ0v) is 12.0. The summed E-state index contributed by atoms with van der Waals surface area (Å²) >= 11 is 0. The normalized spacial score (nSPS) is 28.2. The minimum atomic E-state index is -2.85. The summed E-state index contributed by atoms with van der Waals surface area (Å²) in [7, 11) is -2.85.